The highest BCUT2D eigenvalue weighted by Crippen LogP contribution is 2.36. The van der Waals surface area contributed by atoms with Gasteiger partial charge in [-0.05, 0) is 58.6 Å². The molecule has 0 bridgehead atoms. The highest BCUT2D eigenvalue weighted by atomic mass is 28.4. The zero-order chi connectivity index (χ0) is 36.7. The molecule has 0 aliphatic rings. The first kappa shape index (κ1) is 36.1. The van der Waals surface area contributed by atoms with Gasteiger partial charge in [0.15, 0.2) is 5.65 Å². The Morgan fingerprint density at radius 3 is 2.25 bits per heavy atom. The third-order valence-corrected chi connectivity index (χ3v) is 13.9. The molecule has 3 heterocycles. The number of nitrogens with one attached hydrogen (secondary N) is 1. The van der Waals surface area contributed by atoms with Crippen LogP contribution in [-0.2, 0) is 14.0 Å². The molecule has 0 saturated carbocycles. The summed E-state index contributed by atoms with van der Waals surface area (Å²) in [7, 11) is -2.77. The third-order valence-electron chi connectivity index (χ3n) is 8.84. The number of rotatable bonds is 13. The molecule has 264 valence electrons. The highest BCUT2D eigenvalue weighted by Gasteiger charge is 2.50. The molecule has 0 spiro atoms. The summed E-state index contributed by atoms with van der Waals surface area (Å²) >= 11 is 0. The van der Waals surface area contributed by atoms with Crippen LogP contribution in [0.25, 0.3) is 16.7 Å². The van der Waals surface area contributed by atoms with Gasteiger partial charge in [0.25, 0.3) is 14.2 Å². The van der Waals surface area contributed by atoms with Crippen LogP contribution in [0.15, 0.2) is 110 Å². The molecule has 1 amide bonds. The first-order valence-electron chi connectivity index (χ1n) is 17.0. The van der Waals surface area contributed by atoms with Crippen molar-refractivity contribution < 1.29 is 18.7 Å². The molecule has 6 rings (SSSR count). The van der Waals surface area contributed by atoms with E-state index in [1.54, 1.807) is 35.3 Å². The summed E-state index contributed by atoms with van der Waals surface area (Å²) in [6, 6.07) is 31.9. The Hall–Kier alpha value is -5.74. The molecule has 3 aromatic heterocycles. The van der Waals surface area contributed by atoms with E-state index in [4.69, 9.17) is 13.9 Å². The van der Waals surface area contributed by atoms with Gasteiger partial charge in [-0.25, -0.2) is 19.6 Å². The molecule has 0 radical (unpaired) electrons. The largest absolute Gasteiger partial charge is 0.461 e. The van der Waals surface area contributed by atoms with Gasteiger partial charge in [-0.3, -0.25) is 4.79 Å². The van der Waals surface area contributed by atoms with Crippen LogP contribution in [0.3, 0.4) is 0 Å². The standard InChI is InChI=1S/C40H41N7O4Si/c1-28-16-19-36(42-24-28)46-38(48)35(51-39-33-25-45-47(37(33)43-27-44-39)34-22-30(23-41)18-17-29(34)2)26-49-20-21-50-52(40(3,4)5,31-12-8-6-9-13-31)32-14-10-7-11-15-32/h6-19,22,24-25,27,35H,20-21,26H2,1-5H3,(H,42,46,48)/t35-/m0/s1. The molecule has 11 nitrogen and oxygen atoms in total. The van der Waals surface area contributed by atoms with Crippen molar-refractivity contribution >= 4 is 41.4 Å². The number of benzene rings is 3. The lowest BCUT2D eigenvalue weighted by molar-refractivity contribution is -0.125. The summed E-state index contributed by atoms with van der Waals surface area (Å²) in [4.78, 5) is 26.9. The number of pyridine rings is 1. The van der Waals surface area contributed by atoms with Crippen molar-refractivity contribution in [3.05, 3.63) is 126 Å². The zero-order valence-electron chi connectivity index (χ0n) is 29.9. The number of hydrogen-bond acceptors (Lipinski definition) is 9. The SMILES string of the molecule is Cc1ccc(NC(=O)[C@H](COCCO[Si](c2ccccc2)(c2ccccc2)C(C)(C)C)Oc2ncnc3c2cnn3-c2cc(C#N)ccc2C)nc1. The van der Waals surface area contributed by atoms with Crippen molar-refractivity contribution in [2.75, 3.05) is 25.1 Å². The van der Waals surface area contributed by atoms with Gasteiger partial charge in [0.2, 0.25) is 12.0 Å². The van der Waals surface area contributed by atoms with Gasteiger partial charge in [-0.1, -0.05) is 93.6 Å². The Bertz CT molecular complexity index is 2140. The Balaban J connectivity index is 1.24. The van der Waals surface area contributed by atoms with E-state index in [2.05, 4.69) is 76.5 Å². The quantitative estimate of drug-likeness (QED) is 0.119. The second-order valence-electron chi connectivity index (χ2n) is 13.5. The Morgan fingerprint density at radius 2 is 1.62 bits per heavy atom. The van der Waals surface area contributed by atoms with Crippen LogP contribution in [-0.4, -0.2) is 64.9 Å². The zero-order valence-corrected chi connectivity index (χ0v) is 30.9. The second kappa shape index (κ2) is 15.7. The number of carbonyl (C=O) groups is 1. The smallest absolute Gasteiger partial charge is 0.269 e. The molecule has 0 saturated heterocycles. The van der Waals surface area contributed by atoms with Crippen molar-refractivity contribution in [3.8, 4) is 17.6 Å². The van der Waals surface area contributed by atoms with E-state index >= 15 is 0 Å². The number of aromatic nitrogens is 5. The lowest BCUT2D eigenvalue weighted by Gasteiger charge is -2.43. The maximum Gasteiger partial charge on any atom is 0.269 e. The number of nitriles is 1. The van der Waals surface area contributed by atoms with Crippen molar-refractivity contribution in [1.29, 1.82) is 5.26 Å². The monoisotopic (exact) mass is 711 g/mol. The summed E-state index contributed by atoms with van der Waals surface area (Å²) in [5.74, 6) is 0.0863. The van der Waals surface area contributed by atoms with Crippen molar-refractivity contribution in [2.24, 2.45) is 0 Å². The first-order valence-corrected chi connectivity index (χ1v) is 18.9. The highest BCUT2D eigenvalue weighted by molar-refractivity contribution is 6.99. The molecule has 0 fully saturated rings. The number of anilines is 1. The van der Waals surface area contributed by atoms with Crippen LogP contribution < -0.4 is 20.4 Å². The van der Waals surface area contributed by atoms with Gasteiger partial charge in [-0.2, -0.15) is 10.4 Å². The molecule has 0 unspecified atom stereocenters. The van der Waals surface area contributed by atoms with Crippen molar-refractivity contribution in [3.63, 3.8) is 0 Å². The van der Waals surface area contributed by atoms with Crippen LogP contribution in [0.2, 0.25) is 5.04 Å². The lowest BCUT2D eigenvalue weighted by atomic mass is 10.1. The summed E-state index contributed by atoms with van der Waals surface area (Å²) in [5.41, 5.74) is 3.52. The molecule has 0 aliphatic carbocycles. The van der Waals surface area contributed by atoms with E-state index in [0.29, 0.717) is 34.7 Å². The van der Waals surface area contributed by atoms with Crippen molar-refractivity contribution in [2.45, 2.75) is 45.8 Å². The lowest BCUT2D eigenvalue weighted by Crippen LogP contribution is -2.66. The Labute approximate surface area is 304 Å². The van der Waals surface area contributed by atoms with E-state index in [1.165, 1.54) is 16.7 Å². The van der Waals surface area contributed by atoms with Crippen molar-refractivity contribution in [1.82, 2.24) is 24.7 Å². The average molecular weight is 712 g/mol. The number of nitrogens with zero attached hydrogens (tertiary/aromatic N) is 6. The molecule has 1 N–H and O–H groups in total. The normalized spacial score (nSPS) is 12.3. The van der Waals surface area contributed by atoms with Crippen LogP contribution in [0, 0.1) is 25.2 Å². The van der Waals surface area contributed by atoms with Crippen LogP contribution in [0.5, 0.6) is 5.88 Å². The maximum atomic E-state index is 13.7. The third kappa shape index (κ3) is 7.62. The molecule has 6 aromatic rings. The van der Waals surface area contributed by atoms with Gasteiger partial charge in [0.1, 0.15) is 17.5 Å². The summed E-state index contributed by atoms with van der Waals surface area (Å²) < 4.78 is 21.0. The Morgan fingerprint density at radius 1 is 0.904 bits per heavy atom. The van der Waals surface area contributed by atoms with Gasteiger partial charge in [-0.15, -0.1) is 0 Å². The van der Waals surface area contributed by atoms with Crippen LogP contribution >= 0.6 is 0 Å². The predicted molar refractivity (Wildman–Crippen MR) is 203 cm³/mol. The van der Waals surface area contributed by atoms with Crippen LogP contribution in [0.4, 0.5) is 5.82 Å². The minimum absolute atomic E-state index is 0.0925. The molecule has 1 atom stereocenters. The van der Waals surface area contributed by atoms with Gasteiger partial charge < -0.3 is 19.2 Å². The number of ether oxygens (including phenoxy) is 2. The number of fused-ring (bicyclic) bond motifs is 1. The molecular formula is C40H41N7O4Si. The Kier molecular flexibility index (Phi) is 10.9. The second-order valence-corrected chi connectivity index (χ2v) is 17.8. The summed E-state index contributed by atoms with van der Waals surface area (Å²) in [6.07, 6.45) is 3.50. The van der Waals surface area contributed by atoms with E-state index in [0.717, 1.165) is 11.1 Å². The van der Waals surface area contributed by atoms with E-state index < -0.39 is 20.3 Å². The molecule has 0 aliphatic heterocycles. The molecule has 12 heteroatoms. The molecular weight excluding hydrogens is 671 g/mol. The average Bonchev–Trinajstić information content (AvgIpc) is 3.59. The first-order chi connectivity index (χ1) is 25.1. The van der Waals surface area contributed by atoms with E-state index in [-0.39, 0.29) is 24.1 Å². The number of aryl methyl sites for hydroxylation is 2. The van der Waals surface area contributed by atoms with E-state index in [9.17, 15) is 10.1 Å². The fourth-order valence-electron chi connectivity index (χ4n) is 6.25. The van der Waals surface area contributed by atoms with E-state index in [1.807, 2.05) is 62.4 Å². The fraction of sp³-hybridized carbons (Fsp3) is 0.250. The van der Waals surface area contributed by atoms with Gasteiger partial charge in [0, 0.05) is 6.20 Å². The minimum Gasteiger partial charge on any atom is -0.461 e. The maximum absolute atomic E-state index is 13.7. The predicted octanol–water partition coefficient (Wildman–Crippen LogP) is 5.68. The van der Waals surface area contributed by atoms with Crippen LogP contribution in [0.1, 0.15) is 37.5 Å². The summed E-state index contributed by atoms with van der Waals surface area (Å²) in [6.45, 7) is 10.9. The minimum atomic E-state index is -2.77. The molecule has 3 aromatic carbocycles. The summed E-state index contributed by atoms with van der Waals surface area (Å²) in [5, 5.41) is 19.5. The topological polar surface area (TPSA) is 137 Å². The van der Waals surface area contributed by atoms with Gasteiger partial charge in [0.05, 0.1) is 43.3 Å². The molecule has 52 heavy (non-hydrogen) atoms. The number of hydrogen-bond donors (Lipinski definition) is 1. The fourth-order valence-corrected chi connectivity index (χ4v) is 10.8. The number of carbonyl (C=O) groups excluding carboxylic acids is 1. The van der Waals surface area contributed by atoms with Gasteiger partial charge >= 0.3 is 0 Å². The number of amides is 1.